The summed E-state index contributed by atoms with van der Waals surface area (Å²) in [6, 6.07) is 25.3. The van der Waals surface area contributed by atoms with Crippen LogP contribution in [0.2, 0.25) is 0 Å². The summed E-state index contributed by atoms with van der Waals surface area (Å²) in [7, 11) is 0. The van der Waals surface area contributed by atoms with Crippen molar-refractivity contribution in [3.8, 4) is 0 Å². The van der Waals surface area contributed by atoms with E-state index in [-0.39, 0.29) is 24.4 Å². The molecule has 0 saturated carbocycles. The van der Waals surface area contributed by atoms with Gasteiger partial charge < -0.3 is 5.32 Å². The summed E-state index contributed by atoms with van der Waals surface area (Å²) >= 11 is 1.45. The summed E-state index contributed by atoms with van der Waals surface area (Å²) in [5.41, 5.74) is 3.89. The molecular weight excluding hydrogens is 404 g/mol. The number of amides is 2. The average molecular weight is 429 g/mol. The summed E-state index contributed by atoms with van der Waals surface area (Å²) in [6.07, 6.45) is 1.91. The van der Waals surface area contributed by atoms with E-state index in [1.54, 1.807) is 4.90 Å². The van der Waals surface area contributed by atoms with Crippen molar-refractivity contribution in [2.45, 2.75) is 24.8 Å². The number of carbonyl (C=O) groups is 2. The number of nitrogens with one attached hydrogen (secondary N) is 1. The van der Waals surface area contributed by atoms with Crippen LogP contribution >= 0.6 is 11.8 Å². The molecule has 0 aromatic heterocycles. The van der Waals surface area contributed by atoms with Crippen molar-refractivity contribution in [2.75, 3.05) is 11.4 Å². The highest BCUT2D eigenvalue weighted by atomic mass is 32.2. The maximum absolute atomic E-state index is 13.4. The fourth-order valence-electron chi connectivity index (χ4n) is 3.56. The largest absolute Gasteiger partial charge is 0.348 e. The van der Waals surface area contributed by atoms with Crippen molar-refractivity contribution in [3.63, 3.8) is 0 Å². The van der Waals surface area contributed by atoms with Crippen LogP contribution in [0.1, 0.15) is 29.7 Å². The quantitative estimate of drug-likeness (QED) is 0.557. The lowest BCUT2D eigenvalue weighted by Crippen LogP contribution is -2.43. The Bertz CT molecular complexity index is 1140. The Morgan fingerprint density at radius 1 is 1.00 bits per heavy atom. The first-order chi connectivity index (χ1) is 15.0. The number of rotatable bonds is 5. The Labute approximate surface area is 187 Å². The molecule has 3 aromatic carbocycles. The average Bonchev–Trinajstić information content (AvgIpc) is 2.78. The third-order valence-electron chi connectivity index (χ3n) is 5.29. The van der Waals surface area contributed by atoms with Crippen LogP contribution in [0.5, 0.6) is 0 Å². The van der Waals surface area contributed by atoms with E-state index < -0.39 is 0 Å². The van der Waals surface area contributed by atoms with Crippen molar-refractivity contribution in [2.24, 2.45) is 0 Å². The Balaban J connectivity index is 1.59. The third-order valence-corrected chi connectivity index (χ3v) is 6.36. The predicted molar refractivity (Wildman–Crippen MR) is 127 cm³/mol. The fourth-order valence-corrected chi connectivity index (χ4v) is 4.61. The molecule has 1 atom stereocenters. The van der Waals surface area contributed by atoms with Crippen molar-refractivity contribution in [1.29, 1.82) is 0 Å². The van der Waals surface area contributed by atoms with Gasteiger partial charge in [0.2, 0.25) is 5.91 Å². The lowest BCUT2D eigenvalue weighted by atomic mass is 10.1. The molecule has 5 heteroatoms. The van der Waals surface area contributed by atoms with Crippen LogP contribution in [0.15, 0.2) is 88.7 Å². The van der Waals surface area contributed by atoms with Crippen LogP contribution in [0, 0.1) is 6.92 Å². The molecule has 1 unspecified atom stereocenters. The fraction of sp³-hybridized carbons (Fsp3) is 0.154. The highest BCUT2D eigenvalue weighted by molar-refractivity contribution is 8.04. The summed E-state index contributed by atoms with van der Waals surface area (Å²) in [4.78, 5) is 29.3. The van der Waals surface area contributed by atoms with Gasteiger partial charge >= 0.3 is 0 Å². The van der Waals surface area contributed by atoms with E-state index in [2.05, 4.69) is 5.32 Å². The van der Waals surface area contributed by atoms with Gasteiger partial charge in [0.1, 0.15) is 6.54 Å². The van der Waals surface area contributed by atoms with Crippen LogP contribution < -0.4 is 10.2 Å². The van der Waals surface area contributed by atoms with Gasteiger partial charge in [-0.25, -0.2) is 0 Å². The lowest BCUT2D eigenvalue weighted by Gasteiger charge is -2.30. The summed E-state index contributed by atoms with van der Waals surface area (Å²) in [6.45, 7) is 3.94. The Morgan fingerprint density at radius 2 is 1.68 bits per heavy atom. The second-order valence-electron chi connectivity index (χ2n) is 7.53. The number of hydrogen-bond acceptors (Lipinski definition) is 3. The van der Waals surface area contributed by atoms with Crippen molar-refractivity contribution in [1.82, 2.24) is 5.32 Å². The summed E-state index contributed by atoms with van der Waals surface area (Å²) < 4.78 is 0. The van der Waals surface area contributed by atoms with Gasteiger partial charge in [-0.05, 0) is 48.7 Å². The minimum absolute atomic E-state index is 0.0291. The van der Waals surface area contributed by atoms with Crippen molar-refractivity contribution < 1.29 is 9.59 Å². The minimum atomic E-state index is -0.193. The zero-order chi connectivity index (χ0) is 21.8. The molecule has 4 rings (SSSR count). The zero-order valence-corrected chi connectivity index (χ0v) is 18.4. The maximum atomic E-state index is 13.4. The first-order valence-corrected chi connectivity index (χ1v) is 11.0. The van der Waals surface area contributed by atoms with Crippen LogP contribution in [0.3, 0.4) is 0 Å². The molecule has 1 aliphatic rings. The van der Waals surface area contributed by atoms with E-state index in [0.29, 0.717) is 4.91 Å². The molecule has 0 spiro atoms. The number of thioether (sulfide) groups is 1. The molecule has 1 heterocycles. The number of nitrogens with zero attached hydrogens (tertiary/aromatic N) is 1. The van der Waals surface area contributed by atoms with E-state index in [0.717, 1.165) is 27.3 Å². The van der Waals surface area contributed by atoms with Gasteiger partial charge in [-0.1, -0.05) is 78.5 Å². The number of carbonyl (C=O) groups excluding carboxylic acids is 2. The van der Waals surface area contributed by atoms with Gasteiger partial charge in [-0.3, -0.25) is 14.5 Å². The first kappa shape index (κ1) is 20.9. The molecule has 0 bridgehead atoms. The van der Waals surface area contributed by atoms with Crippen LogP contribution in [0.25, 0.3) is 6.08 Å². The Kier molecular flexibility index (Phi) is 6.23. The number of hydrogen-bond donors (Lipinski definition) is 1. The molecule has 0 saturated heterocycles. The Morgan fingerprint density at radius 3 is 2.45 bits per heavy atom. The number of anilines is 1. The van der Waals surface area contributed by atoms with Crippen molar-refractivity contribution >= 4 is 35.3 Å². The number of para-hydroxylation sites is 1. The highest BCUT2D eigenvalue weighted by Gasteiger charge is 2.30. The SMILES string of the molecule is Cc1ccccc1C=C1Sc2ccccc2N(CC(=O)NC(C)c2ccccc2)C1=O. The standard InChI is InChI=1S/C26H24N2O2S/c1-18-10-6-7-13-21(18)16-24-26(30)28(22-14-8-9-15-23(22)31-24)17-25(29)27-19(2)20-11-4-3-5-12-20/h3-16,19H,17H2,1-2H3,(H,27,29). The Hall–Kier alpha value is -3.31. The van der Waals surface area contributed by atoms with E-state index >= 15 is 0 Å². The van der Waals surface area contributed by atoms with E-state index in [9.17, 15) is 9.59 Å². The molecule has 2 amide bonds. The molecule has 4 nitrogen and oxygen atoms in total. The molecule has 0 fully saturated rings. The molecule has 3 aromatic rings. The topological polar surface area (TPSA) is 49.4 Å². The minimum Gasteiger partial charge on any atom is -0.348 e. The van der Waals surface area contributed by atoms with Gasteiger partial charge in [0, 0.05) is 4.90 Å². The van der Waals surface area contributed by atoms with Gasteiger partial charge in [-0.15, -0.1) is 0 Å². The van der Waals surface area contributed by atoms with Gasteiger partial charge in [0.15, 0.2) is 0 Å². The van der Waals surface area contributed by atoms with Gasteiger partial charge in [0.05, 0.1) is 16.6 Å². The van der Waals surface area contributed by atoms with E-state index in [1.807, 2.05) is 98.8 Å². The molecule has 1 aliphatic heterocycles. The number of benzene rings is 3. The molecule has 0 radical (unpaired) electrons. The number of fused-ring (bicyclic) bond motifs is 1. The predicted octanol–water partition coefficient (Wildman–Crippen LogP) is 5.35. The molecule has 0 aliphatic carbocycles. The first-order valence-electron chi connectivity index (χ1n) is 10.2. The van der Waals surface area contributed by atoms with E-state index in [1.165, 1.54) is 11.8 Å². The van der Waals surface area contributed by atoms with Gasteiger partial charge in [-0.2, -0.15) is 0 Å². The zero-order valence-electron chi connectivity index (χ0n) is 17.5. The maximum Gasteiger partial charge on any atom is 0.265 e. The molecule has 1 N–H and O–H groups in total. The molecule has 31 heavy (non-hydrogen) atoms. The lowest BCUT2D eigenvalue weighted by molar-refractivity contribution is -0.122. The molecule has 156 valence electrons. The smallest absolute Gasteiger partial charge is 0.265 e. The number of aryl methyl sites for hydroxylation is 1. The van der Waals surface area contributed by atoms with Crippen LogP contribution in [-0.4, -0.2) is 18.4 Å². The summed E-state index contributed by atoms with van der Waals surface area (Å²) in [5.74, 6) is -0.351. The second-order valence-corrected chi connectivity index (χ2v) is 8.61. The monoisotopic (exact) mass is 428 g/mol. The van der Waals surface area contributed by atoms with E-state index in [4.69, 9.17) is 0 Å². The van der Waals surface area contributed by atoms with Gasteiger partial charge in [0.25, 0.3) is 5.91 Å². The van der Waals surface area contributed by atoms with Crippen LogP contribution in [0.4, 0.5) is 5.69 Å². The summed E-state index contributed by atoms with van der Waals surface area (Å²) in [5, 5.41) is 3.01. The van der Waals surface area contributed by atoms with Crippen LogP contribution in [-0.2, 0) is 9.59 Å². The highest BCUT2D eigenvalue weighted by Crippen LogP contribution is 2.42. The normalized spacial score (nSPS) is 15.5. The molecular formula is C26H24N2O2S. The van der Waals surface area contributed by atoms with Crippen molar-refractivity contribution in [3.05, 3.63) is 100 Å². The third kappa shape index (κ3) is 4.72. The second kappa shape index (κ2) is 9.23.